The fourth-order valence-electron chi connectivity index (χ4n) is 4.05. The number of rotatable bonds is 6. The van der Waals surface area contributed by atoms with Crippen LogP contribution in [-0.2, 0) is 0 Å². The molecule has 0 aliphatic carbocycles. The fraction of sp³-hybridized carbons (Fsp3) is 0.300. The standard InChI is InChI=1S/C30H31ClN2O/c1-22(2)29-20-24(5-13-30(29)34-19-18-33-16-14-23(3)15-17-33)4-11-28-12-8-26(21-32-28)25-6-9-27(31)10-7-25/h5-10,12-13,20-21,23H,1,14-19H2,2-3H3. The molecule has 2 aromatic carbocycles. The molecule has 1 aromatic heterocycles. The van der Waals surface area contributed by atoms with E-state index in [1.54, 1.807) is 0 Å². The van der Waals surface area contributed by atoms with Crippen LogP contribution in [-0.4, -0.2) is 36.1 Å². The SMILES string of the molecule is C=C(C)c1cc(C#Cc2ccc(-c3ccc(Cl)cc3)cn2)ccc1OCCN1CCC(C)CC1. The van der Waals surface area contributed by atoms with Crippen LogP contribution in [0.25, 0.3) is 16.7 Å². The maximum Gasteiger partial charge on any atom is 0.126 e. The molecule has 4 heteroatoms. The summed E-state index contributed by atoms with van der Waals surface area (Å²) in [7, 11) is 0. The Morgan fingerprint density at radius 3 is 2.47 bits per heavy atom. The third-order valence-electron chi connectivity index (χ3n) is 6.26. The van der Waals surface area contributed by atoms with E-state index >= 15 is 0 Å². The van der Waals surface area contributed by atoms with Crippen LogP contribution in [0.4, 0.5) is 0 Å². The van der Waals surface area contributed by atoms with E-state index in [9.17, 15) is 0 Å². The van der Waals surface area contributed by atoms with E-state index in [0.717, 1.165) is 56.8 Å². The van der Waals surface area contributed by atoms with Gasteiger partial charge >= 0.3 is 0 Å². The minimum atomic E-state index is 0.684. The van der Waals surface area contributed by atoms with Gasteiger partial charge in [0, 0.05) is 34.5 Å². The number of ether oxygens (including phenoxy) is 1. The zero-order valence-corrected chi connectivity index (χ0v) is 20.7. The van der Waals surface area contributed by atoms with E-state index in [1.807, 2.05) is 61.7 Å². The number of pyridine rings is 1. The Morgan fingerprint density at radius 2 is 1.79 bits per heavy atom. The van der Waals surface area contributed by atoms with Gasteiger partial charge in [-0.1, -0.05) is 49.2 Å². The predicted molar refractivity (Wildman–Crippen MR) is 142 cm³/mol. The first kappa shape index (κ1) is 24.1. The molecule has 174 valence electrons. The van der Waals surface area contributed by atoms with Crippen LogP contribution in [0.1, 0.15) is 43.5 Å². The zero-order valence-electron chi connectivity index (χ0n) is 20.0. The van der Waals surface area contributed by atoms with Gasteiger partial charge in [0.05, 0.1) is 0 Å². The first-order chi connectivity index (χ1) is 16.5. The number of nitrogens with zero attached hydrogens (tertiary/aromatic N) is 2. The quantitative estimate of drug-likeness (QED) is 0.364. The molecule has 2 heterocycles. The highest BCUT2D eigenvalue weighted by atomic mass is 35.5. The summed E-state index contributed by atoms with van der Waals surface area (Å²) >= 11 is 5.98. The molecule has 34 heavy (non-hydrogen) atoms. The van der Waals surface area contributed by atoms with Gasteiger partial charge < -0.3 is 4.74 Å². The highest BCUT2D eigenvalue weighted by Crippen LogP contribution is 2.26. The number of aromatic nitrogens is 1. The molecular formula is C30H31ClN2O. The number of benzene rings is 2. The Balaban J connectivity index is 1.40. The van der Waals surface area contributed by atoms with E-state index < -0.39 is 0 Å². The van der Waals surface area contributed by atoms with E-state index in [-0.39, 0.29) is 0 Å². The summed E-state index contributed by atoms with van der Waals surface area (Å²) < 4.78 is 6.14. The lowest BCUT2D eigenvalue weighted by Gasteiger charge is -2.30. The van der Waals surface area contributed by atoms with Crippen molar-refractivity contribution in [3.8, 4) is 28.7 Å². The van der Waals surface area contributed by atoms with Crippen molar-refractivity contribution in [3.05, 3.63) is 89.2 Å². The van der Waals surface area contributed by atoms with Crippen LogP contribution in [0.2, 0.25) is 5.02 Å². The van der Waals surface area contributed by atoms with Crippen molar-refractivity contribution in [2.45, 2.75) is 26.7 Å². The number of likely N-dealkylation sites (tertiary alicyclic amines) is 1. The molecule has 0 radical (unpaired) electrons. The van der Waals surface area contributed by atoms with Crippen LogP contribution in [0.5, 0.6) is 5.75 Å². The monoisotopic (exact) mass is 470 g/mol. The fourth-order valence-corrected chi connectivity index (χ4v) is 4.18. The largest absolute Gasteiger partial charge is 0.492 e. The van der Waals surface area contributed by atoms with Crippen molar-refractivity contribution in [1.82, 2.24) is 9.88 Å². The lowest BCUT2D eigenvalue weighted by atomic mass is 9.99. The molecule has 0 amide bonds. The number of hydrogen-bond donors (Lipinski definition) is 0. The number of piperidine rings is 1. The summed E-state index contributed by atoms with van der Waals surface area (Å²) in [5.74, 6) is 8.11. The third-order valence-corrected chi connectivity index (χ3v) is 6.51. The minimum Gasteiger partial charge on any atom is -0.492 e. The van der Waals surface area contributed by atoms with Crippen molar-refractivity contribution in [2.75, 3.05) is 26.2 Å². The number of allylic oxidation sites excluding steroid dienone is 1. The molecule has 0 unspecified atom stereocenters. The summed E-state index contributed by atoms with van der Waals surface area (Å²) in [5.41, 5.74) is 5.73. The average molecular weight is 471 g/mol. The van der Waals surface area contributed by atoms with Gasteiger partial charge in [0.25, 0.3) is 0 Å². The Morgan fingerprint density at radius 1 is 1.06 bits per heavy atom. The molecule has 1 aliphatic heterocycles. The molecular weight excluding hydrogens is 440 g/mol. The van der Waals surface area contributed by atoms with Gasteiger partial charge in [-0.15, -0.1) is 0 Å². The summed E-state index contributed by atoms with van der Waals surface area (Å²) in [4.78, 5) is 7.00. The predicted octanol–water partition coefficient (Wildman–Crippen LogP) is 6.95. The number of hydrogen-bond acceptors (Lipinski definition) is 3. The zero-order chi connectivity index (χ0) is 23.9. The second kappa shape index (κ2) is 11.4. The summed E-state index contributed by atoms with van der Waals surface area (Å²) in [6.07, 6.45) is 4.40. The molecule has 3 nitrogen and oxygen atoms in total. The van der Waals surface area contributed by atoms with Gasteiger partial charge in [-0.3, -0.25) is 4.90 Å². The Labute approximate surface area is 208 Å². The Bertz CT molecular complexity index is 1180. The highest BCUT2D eigenvalue weighted by molar-refractivity contribution is 6.30. The molecule has 1 fully saturated rings. The normalized spacial score (nSPS) is 14.3. The van der Waals surface area contributed by atoms with E-state index in [4.69, 9.17) is 16.3 Å². The third kappa shape index (κ3) is 6.50. The van der Waals surface area contributed by atoms with Crippen molar-refractivity contribution in [1.29, 1.82) is 0 Å². The summed E-state index contributed by atoms with van der Waals surface area (Å²) in [6.45, 7) is 12.5. The molecule has 0 bridgehead atoms. The van der Waals surface area contributed by atoms with Gasteiger partial charge in [0.2, 0.25) is 0 Å². The second-order valence-corrected chi connectivity index (χ2v) is 9.49. The van der Waals surface area contributed by atoms with E-state index in [2.05, 4.69) is 41.3 Å². The molecule has 0 atom stereocenters. The van der Waals surface area contributed by atoms with Crippen LogP contribution in [0, 0.1) is 17.8 Å². The summed E-state index contributed by atoms with van der Waals surface area (Å²) in [6, 6.07) is 17.8. The minimum absolute atomic E-state index is 0.684. The van der Waals surface area contributed by atoms with Crippen molar-refractivity contribution < 1.29 is 4.74 Å². The smallest absolute Gasteiger partial charge is 0.126 e. The number of halogens is 1. The maximum atomic E-state index is 6.14. The van der Waals surface area contributed by atoms with Crippen LogP contribution < -0.4 is 4.74 Å². The molecule has 0 spiro atoms. The van der Waals surface area contributed by atoms with Gasteiger partial charge in [0.15, 0.2) is 0 Å². The topological polar surface area (TPSA) is 25.4 Å². The van der Waals surface area contributed by atoms with Gasteiger partial charge in [-0.25, -0.2) is 4.98 Å². The van der Waals surface area contributed by atoms with Gasteiger partial charge in [0.1, 0.15) is 18.1 Å². The van der Waals surface area contributed by atoms with E-state index in [0.29, 0.717) is 6.61 Å². The summed E-state index contributed by atoms with van der Waals surface area (Å²) in [5, 5.41) is 0.724. The lowest BCUT2D eigenvalue weighted by Crippen LogP contribution is -2.35. The van der Waals surface area contributed by atoms with Crippen molar-refractivity contribution in [3.63, 3.8) is 0 Å². The molecule has 1 saturated heterocycles. The van der Waals surface area contributed by atoms with Crippen LogP contribution in [0.15, 0.2) is 67.4 Å². The molecule has 0 N–H and O–H groups in total. The first-order valence-electron chi connectivity index (χ1n) is 11.9. The average Bonchev–Trinajstić information content (AvgIpc) is 2.85. The molecule has 4 rings (SSSR count). The molecule has 3 aromatic rings. The van der Waals surface area contributed by atoms with Crippen LogP contribution in [0.3, 0.4) is 0 Å². The van der Waals surface area contributed by atoms with Gasteiger partial charge in [-0.05, 0) is 92.2 Å². The second-order valence-electron chi connectivity index (χ2n) is 9.05. The van der Waals surface area contributed by atoms with Crippen LogP contribution >= 0.6 is 11.6 Å². The van der Waals surface area contributed by atoms with Crippen molar-refractivity contribution >= 4 is 17.2 Å². The Kier molecular flexibility index (Phi) is 8.06. The highest BCUT2D eigenvalue weighted by Gasteiger charge is 2.15. The molecule has 1 aliphatic rings. The van der Waals surface area contributed by atoms with Gasteiger partial charge in [-0.2, -0.15) is 0 Å². The lowest BCUT2D eigenvalue weighted by molar-refractivity contribution is 0.160. The maximum absolute atomic E-state index is 6.14. The first-order valence-corrected chi connectivity index (χ1v) is 12.2. The van der Waals surface area contributed by atoms with E-state index in [1.165, 1.54) is 25.9 Å². The van der Waals surface area contributed by atoms with Crippen molar-refractivity contribution in [2.24, 2.45) is 5.92 Å². The molecule has 0 saturated carbocycles. The Hall–Kier alpha value is -3.06.